The molecule has 1 aromatic carbocycles. The van der Waals surface area contributed by atoms with Crippen molar-refractivity contribution in [2.24, 2.45) is 7.05 Å². The summed E-state index contributed by atoms with van der Waals surface area (Å²) in [6, 6.07) is 8.05. The van der Waals surface area contributed by atoms with Crippen LogP contribution in [0.15, 0.2) is 29.4 Å². The summed E-state index contributed by atoms with van der Waals surface area (Å²) in [4.78, 5) is 14.4. The summed E-state index contributed by atoms with van der Waals surface area (Å²) in [5.74, 6) is 0.844. The van der Waals surface area contributed by atoms with Crippen LogP contribution in [0.2, 0.25) is 0 Å². The second-order valence-electron chi connectivity index (χ2n) is 8.96. The number of benzene rings is 1. The van der Waals surface area contributed by atoms with Gasteiger partial charge in [0.15, 0.2) is 20.8 Å². The zero-order chi connectivity index (χ0) is 22.3. The Balaban J connectivity index is 1.70. The van der Waals surface area contributed by atoms with Crippen molar-refractivity contribution in [2.45, 2.75) is 56.0 Å². The molecule has 2 heterocycles. The molecule has 1 fully saturated rings. The Kier molecular flexibility index (Phi) is 6.34. The summed E-state index contributed by atoms with van der Waals surface area (Å²) in [6.45, 7) is 8.35. The lowest BCUT2D eigenvalue weighted by molar-refractivity contribution is -0.130. The Hall–Kier alpha value is -1.87. The smallest absolute Gasteiger partial charge is 0.235 e. The number of amides is 1. The highest BCUT2D eigenvalue weighted by molar-refractivity contribution is 8.00. The van der Waals surface area contributed by atoms with Crippen molar-refractivity contribution < 1.29 is 13.2 Å². The Morgan fingerprint density at radius 1 is 1.23 bits per heavy atom. The average Bonchev–Trinajstić information content (AvgIpc) is 3.22. The van der Waals surface area contributed by atoms with Gasteiger partial charge in [-0.3, -0.25) is 4.79 Å². The fourth-order valence-electron chi connectivity index (χ4n) is 3.54. The highest BCUT2D eigenvalue weighted by atomic mass is 32.2. The van der Waals surface area contributed by atoms with Gasteiger partial charge in [0, 0.05) is 25.7 Å². The summed E-state index contributed by atoms with van der Waals surface area (Å²) in [6.07, 6.45) is 0.501. The van der Waals surface area contributed by atoms with E-state index < -0.39 is 15.1 Å². The Bertz CT molecular complexity index is 1020. The maximum absolute atomic E-state index is 12.8. The van der Waals surface area contributed by atoms with Gasteiger partial charge in [-0.05, 0) is 24.3 Å². The SMILES string of the molecule is CC(Sc1nnc(-c2ccc(C(C)(C)C)cc2)n1C)C(=O)N(C)C1CCS(=O)(=O)C1. The number of aromatic nitrogens is 3. The molecule has 0 saturated carbocycles. The zero-order valence-electron chi connectivity index (χ0n) is 18.4. The number of hydrogen-bond acceptors (Lipinski definition) is 6. The third kappa shape index (κ3) is 4.88. The molecule has 9 heteroatoms. The number of rotatable bonds is 5. The van der Waals surface area contributed by atoms with Crippen LogP contribution in [0.1, 0.15) is 39.7 Å². The van der Waals surface area contributed by atoms with Gasteiger partial charge in [0.05, 0.1) is 16.8 Å². The van der Waals surface area contributed by atoms with Crippen LogP contribution in [0.3, 0.4) is 0 Å². The summed E-state index contributed by atoms with van der Waals surface area (Å²) < 4.78 is 25.3. The fourth-order valence-corrected chi connectivity index (χ4v) is 6.23. The molecular formula is C21H30N4O3S2. The molecule has 0 aliphatic carbocycles. The van der Waals surface area contributed by atoms with Crippen LogP contribution >= 0.6 is 11.8 Å². The van der Waals surface area contributed by atoms with E-state index in [1.807, 2.05) is 30.7 Å². The number of carbonyl (C=O) groups excluding carboxylic acids is 1. The van der Waals surface area contributed by atoms with E-state index in [0.717, 1.165) is 11.4 Å². The number of sulfone groups is 1. The molecule has 3 rings (SSSR count). The number of hydrogen-bond donors (Lipinski definition) is 0. The molecular weight excluding hydrogens is 420 g/mol. The highest BCUT2D eigenvalue weighted by Crippen LogP contribution is 2.29. The lowest BCUT2D eigenvalue weighted by Crippen LogP contribution is -2.41. The first kappa shape index (κ1) is 22.8. The van der Waals surface area contributed by atoms with E-state index in [4.69, 9.17) is 0 Å². The highest BCUT2D eigenvalue weighted by Gasteiger charge is 2.34. The summed E-state index contributed by atoms with van der Waals surface area (Å²) in [5.41, 5.74) is 2.30. The lowest BCUT2D eigenvalue weighted by atomic mass is 9.87. The van der Waals surface area contributed by atoms with Crippen molar-refractivity contribution in [1.82, 2.24) is 19.7 Å². The van der Waals surface area contributed by atoms with Gasteiger partial charge in [0.2, 0.25) is 5.91 Å². The van der Waals surface area contributed by atoms with Crippen LogP contribution in [0.4, 0.5) is 0 Å². The fraction of sp³-hybridized carbons (Fsp3) is 0.571. The zero-order valence-corrected chi connectivity index (χ0v) is 20.0. The molecule has 1 aliphatic heterocycles. The van der Waals surface area contributed by atoms with Crippen molar-refractivity contribution in [3.05, 3.63) is 29.8 Å². The van der Waals surface area contributed by atoms with Crippen molar-refractivity contribution in [3.8, 4) is 11.4 Å². The molecule has 0 bridgehead atoms. The van der Waals surface area contributed by atoms with Crippen LogP contribution in [0, 0.1) is 0 Å². The minimum atomic E-state index is -3.03. The molecule has 1 aliphatic rings. The van der Waals surface area contributed by atoms with Gasteiger partial charge in [-0.2, -0.15) is 0 Å². The van der Waals surface area contributed by atoms with E-state index in [2.05, 4.69) is 43.1 Å². The van der Waals surface area contributed by atoms with Crippen LogP contribution in [-0.2, 0) is 27.1 Å². The van der Waals surface area contributed by atoms with Crippen LogP contribution in [0.5, 0.6) is 0 Å². The van der Waals surface area contributed by atoms with Gasteiger partial charge in [0.25, 0.3) is 0 Å². The molecule has 0 spiro atoms. The summed E-state index contributed by atoms with van der Waals surface area (Å²) in [5, 5.41) is 8.85. The summed E-state index contributed by atoms with van der Waals surface area (Å²) in [7, 11) is 0.541. The van der Waals surface area contributed by atoms with Crippen molar-refractivity contribution in [2.75, 3.05) is 18.6 Å². The van der Waals surface area contributed by atoms with Gasteiger partial charge >= 0.3 is 0 Å². The molecule has 7 nitrogen and oxygen atoms in total. The average molecular weight is 451 g/mol. The molecule has 164 valence electrons. The van der Waals surface area contributed by atoms with E-state index in [-0.39, 0.29) is 28.9 Å². The first-order valence-electron chi connectivity index (χ1n) is 10.0. The quantitative estimate of drug-likeness (QED) is 0.651. The van der Waals surface area contributed by atoms with Gasteiger partial charge in [-0.1, -0.05) is 56.8 Å². The van der Waals surface area contributed by atoms with Gasteiger partial charge in [-0.15, -0.1) is 10.2 Å². The second kappa shape index (κ2) is 8.34. The Labute approximate surface area is 183 Å². The number of carbonyl (C=O) groups is 1. The third-order valence-corrected chi connectivity index (χ3v) is 8.45. The molecule has 0 radical (unpaired) electrons. The molecule has 1 amide bonds. The molecule has 2 aromatic rings. The maximum Gasteiger partial charge on any atom is 0.235 e. The van der Waals surface area contributed by atoms with Gasteiger partial charge in [0.1, 0.15) is 0 Å². The number of nitrogens with zero attached hydrogens (tertiary/aromatic N) is 4. The van der Waals surface area contributed by atoms with Crippen LogP contribution in [-0.4, -0.2) is 63.8 Å². The van der Waals surface area contributed by atoms with E-state index in [9.17, 15) is 13.2 Å². The monoisotopic (exact) mass is 450 g/mol. The minimum absolute atomic E-state index is 0.0469. The molecule has 1 saturated heterocycles. The maximum atomic E-state index is 12.8. The topological polar surface area (TPSA) is 85.2 Å². The first-order valence-corrected chi connectivity index (χ1v) is 12.7. The molecule has 30 heavy (non-hydrogen) atoms. The Morgan fingerprint density at radius 3 is 2.40 bits per heavy atom. The van der Waals surface area contributed by atoms with Crippen molar-refractivity contribution in [3.63, 3.8) is 0 Å². The minimum Gasteiger partial charge on any atom is -0.341 e. The molecule has 0 N–H and O–H groups in total. The van der Waals surface area contributed by atoms with Crippen LogP contribution in [0.25, 0.3) is 11.4 Å². The van der Waals surface area contributed by atoms with Crippen molar-refractivity contribution >= 4 is 27.5 Å². The van der Waals surface area contributed by atoms with E-state index >= 15 is 0 Å². The molecule has 2 atom stereocenters. The van der Waals surface area contributed by atoms with E-state index in [0.29, 0.717) is 11.6 Å². The van der Waals surface area contributed by atoms with Crippen LogP contribution < -0.4 is 0 Å². The summed E-state index contributed by atoms with van der Waals surface area (Å²) >= 11 is 1.34. The largest absolute Gasteiger partial charge is 0.341 e. The normalized spacial score (nSPS) is 19.6. The molecule has 2 unspecified atom stereocenters. The Morgan fingerprint density at radius 2 is 1.87 bits per heavy atom. The van der Waals surface area contributed by atoms with Gasteiger partial charge in [-0.25, -0.2) is 8.42 Å². The standard InChI is InChI=1S/C21H30N4O3S2/c1-14(19(26)24(5)17-11-12-30(27,28)13-17)29-20-23-22-18(25(20)6)15-7-9-16(10-8-15)21(2,3)4/h7-10,14,17H,11-13H2,1-6H3. The third-order valence-electron chi connectivity index (χ3n) is 5.58. The van der Waals surface area contributed by atoms with E-state index in [1.165, 1.54) is 17.3 Å². The molecule has 1 aromatic heterocycles. The predicted octanol–water partition coefficient (Wildman–Crippen LogP) is 2.91. The van der Waals surface area contributed by atoms with E-state index in [1.54, 1.807) is 11.9 Å². The predicted molar refractivity (Wildman–Crippen MR) is 120 cm³/mol. The first-order chi connectivity index (χ1) is 13.9. The second-order valence-corrected chi connectivity index (χ2v) is 12.5. The lowest BCUT2D eigenvalue weighted by Gasteiger charge is -2.26. The van der Waals surface area contributed by atoms with Crippen molar-refractivity contribution in [1.29, 1.82) is 0 Å². The number of thioether (sulfide) groups is 1. The van der Waals surface area contributed by atoms with Gasteiger partial charge < -0.3 is 9.47 Å².